The van der Waals surface area contributed by atoms with Crippen LogP contribution < -0.4 is 19.4 Å². The summed E-state index contributed by atoms with van der Waals surface area (Å²) >= 11 is 4.86. The second kappa shape index (κ2) is 10.2. The largest absolute Gasteiger partial charge is 0.373 e. The van der Waals surface area contributed by atoms with Crippen molar-refractivity contribution in [1.82, 2.24) is 9.88 Å². The van der Waals surface area contributed by atoms with Crippen LogP contribution in [0.15, 0.2) is 60.8 Å². The molecule has 2 amide bonds. The predicted octanol–water partition coefficient (Wildman–Crippen LogP) is 4.82. The Kier molecular flexibility index (Phi) is 7.18. The van der Waals surface area contributed by atoms with E-state index in [1.165, 1.54) is 4.31 Å². The summed E-state index contributed by atoms with van der Waals surface area (Å²) < 4.78 is 1.52. The lowest BCUT2D eigenvalue weighted by molar-refractivity contribution is 0.209. The molecule has 1 fully saturated rings. The van der Waals surface area contributed by atoms with Gasteiger partial charge in [-0.1, -0.05) is 62.2 Å². The van der Waals surface area contributed by atoms with Crippen molar-refractivity contribution in [3.05, 3.63) is 66.4 Å². The van der Waals surface area contributed by atoms with Crippen molar-refractivity contribution < 1.29 is 4.79 Å². The number of rotatable bonds is 3. The van der Waals surface area contributed by atoms with Crippen LogP contribution >= 0.6 is 31.3 Å². The van der Waals surface area contributed by atoms with E-state index in [0.29, 0.717) is 13.1 Å². The molecule has 3 heterocycles. The van der Waals surface area contributed by atoms with Gasteiger partial charge in [0.15, 0.2) is 5.82 Å². The van der Waals surface area contributed by atoms with E-state index < -0.39 is 0 Å². The summed E-state index contributed by atoms with van der Waals surface area (Å²) in [6.45, 7) is 5.87. The lowest BCUT2D eigenvalue weighted by Crippen LogP contribution is -2.41. The van der Waals surface area contributed by atoms with E-state index in [4.69, 9.17) is 17.8 Å². The summed E-state index contributed by atoms with van der Waals surface area (Å²) in [6.07, 6.45) is 2.88. The third kappa shape index (κ3) is 4.94. The van der Waals surface area contributed by atoms with Gasteiger partial charge < -0.3 is 14.7 Å². The van der Waals surface area contributed by atoms with Gasteiger partial charge in [-0.05, 0) is 35.0 Å². The highest BCUT2D eigenvalue weighted by atomic mass is 32.1. The molecule has 0 aliphatic carbocycles. The molecular formula is C27H33N5OP2S. The molecule has 1 aromatic heterocycles. The van der Waals surface area contributed by atoms with E-state index in [0.717, 1.165) is 65.2 Å². The number of nitrogens with zero attached hydrogens (tertiary/aromatic N) is 5. The van der Waals surface area contributed by atoms with Crippen molar-refractivity contribution in [2.75, 3.05) is 47.3 Å². The number of hydrogen-bond donors (Lipinski definition) is 1. The lowest BCUT2D eigenvalue weighted by atomic mass is 10.0. The molecule has 6 nitrogen and oxygen atoms in total. The first-order valence-electron chi connectivity index (χ1n) is 12.2. The quantitative estimate of drug-likeness (QED) is 0.385. The van der Waals surface area contributed by atoms with Crippen molar-refractivity contribution in [2.24, 2.45) is 0 Å². The number of aromatic nitrogens is 1. The van der Waals surface area contributed by atoms with Crippen molar-refractivity contribution in [3.63, 3.8) is 0 Å². The summed E-state index contributed by atoms with van der Waals surface area (Å²) in [4.78, 5) is 25.2. The van der Waals surface area contributed by atoms with Crippen LogP contribution in [0.25, 0.3) is 11.1 Å². The maximum atomic E-state index is 14.0. The number of benzene rings is 2. The smallest absolute Gasteiger partial charge is 0.335 e. The van der Waals surface area contributed by atoms with Gasteiger partial charge in [-0.25, -0.2) is 14.1 Å². The minimum absolute atomic E-state index is 0.109. The first kappa shape index (κ1) is 25.3. The topological polar surface area (TPSA) is 42.9 Å². The molecule has 3 unspecified atom stereocenters. The zero-order valence-electron chi connectivity index (χ0n) is 20.8. The molecule has 36 heavy (non-hydrogen) atoms. The Labute approximate surface area is 224 Å². The Morgan fingerprint density at radius 2 is 1.81 bits per heavy atom. The highest BCUT2D eigenvalue weighted by molar-refractivity contribution is 7.82. The third-order valence-electron chi connectivity index (χ3n) is 7.09. The van der Waals surface area contributed by atoms with Gasteiger partial charge in [-0.3, -0.25) is 0 Å². The number of likely N-dealkylation sites (N-methyl/N-ethyl adjacent to an activating group) is 1. The summed E-state index contributed by atoms with van der Waals surface area (Å²) in [5.41, 5.74) is 5.01. The number of fused-ring (bicyclic) bond motifs is 1. The number of carbonyl (C=O) groups excluding carboxylic acids is 1. The molecule has 0 bridgehead atoms. The molecule has 2 aliphatic rings. The molecule has 188 valence electrons. The second-order valence-corrected chi connectivity index (χ2v) is 12.4. The van der Waals surface area contributed by atoms with Crippen molar-refractivity contribution in [3.8, 4) is 11.1 Å². The van der Waals surface area contributed by atoms with Crippen molar-refractivity contribution in [2.45, 2.75) is 25.0 Å². The van der Waals surface area contributed by atoms with E-state index in [-0.39, 0.29) is 11.2 Å². The number of pyridine rings is 1. The third-order valence-corrected chi connectivity index (χ3v) is 8.44. The fourth-order valence-corrected chi connectivity index (χ4v) is 6.13. The average Bonchev–Trinajstić information content (AvgIpc) is 3.15. The van der Waals surface area contributed by atoms with Gasteiger partial charge >= 0.3 is 6.03 Å². The van der Waals surface area contributed by atoms with Crippen LogP contribution in [0.4, 0.5) is 22.0 Å². The molecule has 1 saturated heterocycles. The molecular weight excluding hydrogens is 504 g/mol. The van der Waals surface area contributed by atoms with Crippen molar-refractivity contribution in [1.29, 1.82) is 0 Å². The van der Waals surface area contributed by atoms with Gasteiger partial charge in [0.25, 0.3) is 0 Å². The van der Waals surface area contributed by atoms with E-state index in [2.05, 4.69) is 66.5 Å². The minimum Gasteiger partial charge on any atom is -0.373 e. The number of anilines is 3. The van der Waals surface area contributed by atoms with Crippen LogP contribution in [0.1, 0.15) is 18.9 Å². The molecule has 5 rings (SSSR count). The highest BCUT2D eigenvalue weighted by Gasteiger charge is 2.35. The lowest BCUT2D eigenvalue weighted by Gasteiger charge is -2.31. The van der Waals surface area contributed by atoms with E-state index >= 15 is 0 Å². The summed E-state index contributed by atoms with van der Waals surface area (Å²) in [7, 11) is 7.87. The maximum Gasteiger partial charge on any atom is 0.335 e. The van der Waals surface area contributed by atoms with Gasteiger partial charge in [0.1, 0.15) is 5.69 Å². The van der Waals surface area contributed by atoms with E-state index in [1.807, 2.05) is 41.4 Å². The fourth-order valence-electron chi connectivity index (χ4n) is 5.09. The Bertz CT molecular complexity index is 1290. The van der Waals surface area contributed by atoms with E-state index in [9.17, 15) is 4.79 Å². The summed E-state index contributed by atoms with van der Waals surface area (Å²) in [5, 5.41) is 1.17. The first-order valence-corrected chi connectivity index (χ1v) is 13.8. The number of para-hydroxylation sites is 1. The molecule has 0 saturated carbocycles. The molecule has 2 aromatic carbocycles. The van der Waals surface area contributed by atoms with E-state index in [1.54, 1.807) is 0 Å². The number of hydrogen-bond acceptors (Lipinski definition) is 5. The van der Waals surface area contributed by atoms with Crippen LogP contribution in [0.3, 0.4) is 0 Å². The van der Waals surface area contributed by atoms with Crippen LogP contribution in [0, 0.1) is 0 Å². The molecule has 3 atom stereocenters. The zero-order chi connectivity index (χ0) is 25.4. The standard InChI is InChI=1S/C27H33N5OP2S/c1-27(35)12-14-31(18-27)25-24(21(11-13-28-25)20-8-4-6-10-23(20)34)32(36)26(33)30-16-15-29(2)22-9-5-3-7-19(22)17-30/h3-11,13,36H,12,14-18,34-35H2,1-2H3. The molecule has 9 heteroatoms. The van der Waals surface area contributed by atoms with Crippen LogP contribution in [-0.2, 0) is 6.54 Å². The zero-order valence-corrected chi connectivity index (χ0v) is 24.0. The normalized spacial score (nSPS) is 19.8. The SMILES string of the molecule is CN1CCN(C(=O)N(S)c2c(-c3ccccc3P)ccnc2N2CCC(C)(P)C2)Cc2ccccc21. The minimum atomic E-state index is -0.145. The van der Waals surface area contributed by atoms with Crippen LogP contribution in [0.2, 0.25) is 0 Å². The number of amides is 2. The highest BCUT2D eigenvalue weighted by Crippen LogP contribution is 2.42. The molecule has 2 aliphatic heterocycles. The van der Waals surface area contributed by atoms with Gasteiger partial charge in [0.2, 0.25) is 0 Å². The fraction of sp³-hybridized carbons (Fsp3) is 0.333. The summed E-state index contributed by atoms with van der Waals surface area (Å²) in [5.74, 6) is 0.794. The predicted molar refractivity (Wildman–Crippen MR) is 161 cm³/mol. The van der Waals surface area contributed by atoms with Gasteiger partial charge in [-0.15, -0.1) is 18.5 Å². The average molecular weight is 538 g/mol. The van der Waals surface area contributed by atoms with Crippen LogP contribution in [-0.4, -0.2) is 54.3 Å². The maximum absolute atomic E-state index is 14.0. The Morgan fingerprint density at radius 3 is 2.56 bits per heavy atom. The molecule has 0 radical (unpaired) electrons. The Morgan fingerprint density at radius 1 is 1.06 bits per heavy atom. The molecule has 0 spiro atoms. The number of carbonyl (C=O) groups is 1. The van der Waals surface area contributed by atoms with Gasteiger partial charge in [0, 0.05) is 62.4 Å². The Hall–Kier alpha value is -2.33. The monoisotopic (exact) mass is 537 g/mol. The second-order valence-electron chi connectivity index (χ2n) is 10.0. The first-order chi connectivity index (χ1) is 17.2. The number of urea groups is 1. The van der Waals surface area contributed by atoms with Crippen molar-refractivity contribution >= 4 is 59.8 Å². The molecule has 3 aromatic rings. The van der Waals surface area contributed by atoms with Gasteiger partial charge in [-0.2, -0.15) is 0 Å². The Balaban J connectivity index is 1.57. The van der Waals surface area contributed by atoms with Crippen LogP contribution in [0.5, 0.6) is 0 Å². The number of thiol groups is 1. The van der Waals surface area contributed by atoms with Gasteiger partial charge in [0.05, 0.1) is 0 Å². The molecule has 0 N–H and O–H groups in total. The summed E-state index contributed by atoms with van der Waals surface area (Å²) in [6, 6.07) is 18.3.